The fourth-order valence-electron chi connectivity index (χ4n) is 1.66. The average Bonchev–Trinajstić information content (AvgIpc) is 2.67. The molecule has 1 aromatic carbocycles. The highest BCUT2D eigenvalue weighted by atomic mass is 19.1. The Morgan fingerprint density at radius 3 is 2.20 bits per heavy atom. The molecule has 1 aromatic rings. The molecule has 2 rings (SSSR count). The maximum absolute atomic E-state index is 13.0. The molecule has 0 bridgehead atoms. The van der Waals surface area contributed by atoms with Crippen molar-refractivity contribution < 1.29 is 18.3 Å². The third-order valence-corrected chi connectivity index (χ3v) is 2.47. The summed E-state index contributed by atoms with van der Waals surface area (Å²) in [5, 5.41) is 0. The summed E-state index contributed by atoms with van der Waals surface area (Å²) in [6, 6.07) is 3.46. The zero-order chi connectivity index (χ0) is 10.8. The van der Waals surface area contributed by atoms with Crippen molar-refractivity contribution in [2.75, 3.05) is 13.2 Å². The van der Waals surface area contributed by atoms with Crippen molar-refractivity contribution in [3.63, 3.8) is 0 Å². The van der Waals surface area contributed by atoms with E-state index in [1.165, 1.54) is 12.1 Å². The molecule has 1 saturated heterocycles. The fraction of sp³-hybridized carbons (Fsp3) is 0.455. The second kappa shape index (κ2) is 4.24. The van der Waals surface area contributed by atoms with Gasteiger partial charge in [0.25, 0.3) is 0 Å². The molecule has 0 radical (unpaired) electrons. The van der Waals surface area contributed by atoms with Gasteiger partial charge in [-0.25, -0.2) is 8.78 Å². The minimum atomic E-state index is -0.574. The molecule has 4 heteroatoms. The predicted molar refractivity (Wildman–Crippen MR) is 50.5 cm³/mol. The van der Waals surface area contributed by atoms with Crippen molar-refractivity contribution >= 4 is 0 Å². The molecular weight excluding hydrogens is 202 g/mol. The summed E-state index contributed by atoms with van der Waals surface area (Å²) in [6.07, 6.45) is -0.397. The van der Waals surface area contributed by atoms with E-state index in [1.54, 1.807) is 0 Å². The Labute approximate surface area is 86.8 Å². The third kappa shape index (κ3) is 2.33. The van der Waals surface area contributed by atoms with Gasteiger partial charge in [-0.3, -0.25) is 0 Å². The Hall–Kier alpha value is -1.00. The average molecular weight is 214 g/mol. The van der Waals surface area contributed by atoms with Crippen molar-refractivity contribution in [2.24, 2.45) is 0 Å². The molecule has 82 valence electrons. The number of halogens is 2. The van der Waals surface area contributed by atoms with E-state index < -0.39 is 17.9 Å². The summed E-state index contributed by atoms with van der Waals surface area (Å²) in [6.45, 7) is 2.89. The van der Waals surface area contributed by atoms with E-state index in [0.717, 1.165) is 6.07 Å². The lowest BCUT2D eigenvalue weighted by atomic mass is 10.0. The molecule has 1 unspecified atom stereocenters. The Balaban J connectivity index is 2.20. The lowest BCUT2D eigenvalue weighted by Crippen LogP contribution is -2.17. The lowest BCUT2D eigenvalue weighted by molar-refractivity contribution is -0.0571. The van der Waals surface area contributed by atoms with Gasteiger partial charge in [-0.05, 0) is 17.7 Å². The van der Waals surface area contributed by atoms with E-state index in [0.29, 0.717) is 18.8 Å². The molecule has 0 saturated carbocycles. The van der Waals surface area contributed by atoms with Gasteiger partial charge in [-0.1, -0.05) is 6.92 Å². The van der Waals surface area contributed by atoms with E-state index in [4.69, 9.17) is 9.47 Å². The van der Waals surface area contributed by atoms with E-state index in [-0.39, 0.29) is 5.92 Å². The van der Waals surface area contributed by atoms with Crippen LogP contribution in [-0.4, -0.2) is 19.5 Å². The van der Waals surface area contributed by atoms with Crippen molar-refractivity contribution in [3.8, 4) is 0 Å². The molecular formula is C11H12F2O2. The zero-order valence-corrected chi connectivity index (χ0v) is 8.37. The van der Waals surface area contributed by atoms with Gasteiger partial charge in [0.05, 0.1) is 13.2 Å². The van der Waals surface area contributed by atoms with Crippen molar-refractivity contribution in [1.29, 1.82) is 0 Å². The van der Waals surface area contributed by atoms with Crippen LogP contribution in [0.2, 0.25) is 0 Å². The van der Waals surface area contributed by atoms with Crippen LogP contribution in [-0.2, 0) is 9.47 Å². The van der Waals surface area contributed by atoms with Gasteiger partial charge in [0, 0.05) is 12.0 Å². The first-order valence-corrected chi connectivity index (χ1v) is 4.86. The lowest BCUT2D eigenvalue weighted by Gasteiger charge is -2.18. The smallest absolute Gasteiger partial charge is 0.164 e. The van der Waals surface area contributed by atoms with Crippen LogP contribution >= 0.6 is 0 Å². The van der Waals surface area contributed by atoms with Crippen LogP contribution in [0.1, 0.15) is 18.4 Å². The van der Waals surface area contributed by atoms with Gasteiger partial charge in [-0.2, -0.15) is 0 Å². The van der Waals surface area contributed by atoms with E-state index >= 15 is 0 Å². The molecule has 0 aliphatic carbocycles. The van der Waals surface area contributed by atoms with Gasteiger partial charge < -0.3 is 9.47 Å². The monoisotopic (exact) mass is 214 g/mol. The Morgan fingerprint density at radius 1 is 1.13 bits per heavy atom. The molecule has 0 N–H and O–H groups in total. The molecule has 1 heterocycles. The molecule has 0 aromatic heterocycles. The van der Waals surface area contributed by atoms with Crippen molar-refractivity contribution in [3.05, 3.63) is 35.4 Å². The van der Waals surface area contributed by atoms with Crippen LogP contribution in [0, 0.1) is 11.6 Å². The quantitative estimate of drug-likeness (QED) is 0.752. The molecule has 1 aliphatic heterocycles. The van der Waals surface area contributed by atoms with Crippen molar-refractivity contribution in [2.45, 2.75) is 19.1 Å². The van der Waals surface area contributed by atoms with Gasteiger partial charge in [0.2, 0.25) is 0 Å². The first-order valence-electron chi connectivity index (χ1n) is 4.86. The summed E-state index contributed by atoms with van der Waals surface area (Å²) >= 11 is 0. The highest BCUT2D eigenvalue weighted by Crippen LogP contribution is 2.26. The standard InChI is InChI=1S/C11H12F2O2/c1-7(11-14-2-3-15-11)8-4-9(12)6-10(13)5-8/h4-7,11H,2-3H2,1H3. The summed E-state index contributed by atoms with van der Waals surface area (Å²) in [7, 11) is 0. The highest BCUT2D eigenvalue weighted by molar-refractivity contribution is 5.22. The van der Waals surface area contributed by atoms with E-state index in [1.807, 2.05) is 6.92 Å². The zero-order valence-electron chi connectivity index (χ0n) is 8.37. The molecule has 0 amide bonds. The minimum absolute atomic E-state index is 0.169. The van der Waals surface area contributed by atoms with Gasteiger partial charge in [0.15, 0.2) is 6.29 Å². The van der Waals surface area contributed by atoms with E-state index in [2.05, 4.69) is 0 Å². The Bertz CT molecular complexity index is 328. The van der Waals surface area contributed by atoms with Crippen LogP contribution in [0.15, 0.2) is 18.2 Å². The van der Waals surface area contributed by atoms with Gasteiger partial charge in [-0.15, -0.1) is 0 Å². The number of ether oxygens (including phenoxy) is 2. The fourth-order valence-corrected chi connectivity index (χ4v) is 1.66. The van der Waals surface area contributed by atoms with Crippen molar-refractivity contribution in [1.82, 2.24) is 0 Å². The maximum atomic E-state index is 13.0. The Morgan fingerprint density at radius 2 is 1.67 bits per heavy atom. The van der Waals surface area contributed by atoms with Crippen LogP contribution in [0.25, 0.3) is 0 Å². The van der Waals surface area contributed by atoms with E-state index in [9.17, 15) is 8.78 Å². The highest BCUT2D eigenvalue weighted by Gasteiger charge is 2.25. The number of hydrogen-bond acceptors (Lipinski definition) is 2. The first kappa shape index (κ1) is 10.5. The van der Waals surface area contributed by atoms with Gasteiger partial charge in [0.1, 0.15) is 11.6 Å². The molecule has 1 fully saturated rings. The Kier molecular flexibility index (Phi) is 2.98. The second-order valence-corrected chi connectivity index (χ2v) is 3.60. The first-order chi connectivity index (χ1) is 7.16. The molecule has 1 atom stereocenters. The second-order valence-electron chi connectivity index (χ2n) is 3.60. The summed E-state index contributed by atoms with van der Waals surface area (Å²) in [4.78, 5) is 0. The normalized spacial score (nSPS) is 19.4. The van der Waals surface area contributed by atoms with Gasteiger partial charge >= 0.3 is 0 Å². The SMILES string of the molecule is CC(c1cc(F)cc(F)c1)C1OCCO1. The third-order valence-electron chi connectivity index (χ3n) is 2.47. The maximum Gasteiger partial charge on any atom is 0.164 e. The summed E-state index contributed by atoms with van der Waals surface area (Å²) < 4.78 is 36.5. The summed E-state index contributed by atoms with van der Waals surface area (Å²) in [5.41, 5.74) is 0.555. The minimum Gasteiger partial charge on any atom is -0.350 e. The van der Waals surface area contributed by atoms with Crippen LogP contribution < -0.4 is 0 Å². The van der Waals surface area contributed by atoms with Crippen LogP contribution in [0.5, 0.6) is 0 Å². The number of hydrogen-bond donors (Lipinski definition) is 0. The number of rotatable bonds is 2. The largest absolute Gasteiger partial charge is 0.350 e. The molecule has 15 heavy (non-hydrogen) atoms. The molecule has 2 nitrogen and oxygen atoms in total. The summed E-state index contributed by atoms with van der Waals surface area (Å²) in [5.74, 6) is -1.32. The van der Waals surface area contributed by atoms with Crippen LogP contribution in [0.3, 0.4) is 0 Å². The molecule has 1 aliphatic rings. The predicted octanol–water partition coefficient (Wildman–Crippen LogP) is 2.44. The molecule has 0 spiro atoms. The van der Waals surface area contributed by atoms with Crippen LogP contribution in [0.4, 0.5) is 8.78 Å². The topological polar surface area (TPSA) is 18.5 Å². The number of benzene rings is 1.